The molecule has 0 amide bonds. The van der Waals surface area contributed by atoms with E-state index in [4.69, 9.17) is 15.6 Å². The van der Waals surface area contributed by atoms with Crippen LogP contribution in [0.2, 0.25) is 0 Å². The first-order valence-electron chi connectivity index (χ1n) is 7.71. The van der Waals surface area contributed by atoms with Gasteiger partial charge in [0.15, 0.2) is 5.90 Å². The Bertz CT molecular complexity index is 787. The van der Waals surface area contributed by atoms with Gasteiger partial charge in [0, 0.05) is 23.6 Å². The van der Waals surface area contributed by atoms with Crippen LogP contribution in [0.15, 0.2) is 51.9 Å². The van der Waals surface area contributed by atoms with E-state index in [2.05, 4.69) is 21.7 Å². The maximum Gasteiger partial charge on any atom is 0.263 e. The number of benzene rings is 1. The number of hydrogen-bond acceptors (Lipinski definition) is 5. The summed E-state index contributed by atoms with van der Waals surface area (Å²) in [7, 11) is 3.10. The third kappa shape index (κ3) is 5.95. The van der Waals surface area contributed by atoms with Crippen LogP contribution in [0.5, 0.6) is 0 Å². The maximum absolute atomic E-state index is 12.1. The van der Waals surface area contributed by atoms with Gasteiger partial charge in [-0.1, -0.05) is 37.3 Å². The Morgan fingerprint density at radius 3 is 2.48 bits per heavy atom. The lowest BCUT2D eigenvalue weighted by molar-refractivity contribution is 0.478. The number of rotatable bonds is 4. The van der Waals surface area contributed by atoms with Crippen molar-refractivity contribution in [1.29, 1.82) is 10.8 Å². The Balaban J connectivity index is 0.00000151. The summed E-state index contributed by atoms with van der Waals surface area (Å²) in [6.07, 6.45) is 2.26. The molecule has 2 aromatic rings. The second-order valence-electron chi connectivity index (χ2n) is 5.37. The van der Waals surface area contributed by atoms with Crippen molar-refractivity contribution in [3.05, 3.63) is 68.5 Å². The lowest BCUT2D eigenvalue weighted by atomic mass is 10.0. The molecule has 1 aromatic heterocycles. The van der Waals surface area contributed by atoms with Crippen molar-refractivity contribution in [1.82, 2.24) is 4.57 Å². The Kier molecular flexibility index (Phi) is 8.24. The molecule has 0 saturated heterocycles. The predicted octanol–water partition coefficient (Wildman–Crippen LogP) is 2.92. The molecule has 0 radical (unpaired) electrons. The van der Waals surface area contributed by atoms with E-state index in [1.165, 1.54) is 17.7 Å². The van der Waals surface area contributed by atoms with E-state index in [0.29, 0.717) is 10.9 Å². The summed E-state index contributed by atoms with van der Waals surface area (Å²) in [4.78, 5) is 12.1. The van der Waals surface area contributed by atoms with Gasteiger partial charge >= 0.3 is 0 Å². The van der Waals surface area contributed by atoms with E-state index < -0.39 is 0 Å². The summed E-state index contributed by atoms with van der Waals surface area (Å²) < 4.78 is 7.34. The second-order valence-corrected chi connectivity index (χ2v) is 6.29. The molecule has 7 heteroatoms. The van der Waals surface area contributed by atoms with E-state index in [9.17, 15) is 4.79 Å². The van der Waals surface area contributed by atoms with Crippen LogP contribution < -0.4 is 11.3 Å². The molecule has 0 aliphatic heterocycles. The van der Waals surface area contributed by atoms with Gasteiger partial charge in [-0.2, -0.15) is 0 Å². The van der Waals surface area contributed by atoms with Gasteiger partial charge in [-0.15, -0.1) is 0 Å². The fourth-order valence-electron chi connectivity index (χ4n) is 2.16. The summed E-state index contributed by atoms with van der Waals surface area (Å²) in [6.45, 7) is 1.86. The lowest BCUT2D eigenvalue weighted by Crippen LogP contribution is -2.28. The fraction of sp³-hybridized carbons (Fsp3) is 0.278. The van der Waals surface area contributed by atoms with Gasteiger partial charge < -0.3 is 15.0 Å². The Morgan fingerprint density at radius 2 is 1.88 bits per heavy atom. The van der Waals surface area contributed by atoms with Crippen LogP contribution in [0.4, 0.5) is 0 Å². The smallest absolute Gasteiger partial charge is 0.263 e. The zero-order valence-corrected chi connectivity index (χ0v) is 16.1. The Morgan fingerprint density at radius 1 is 1.28 bits per heavy atom. The molecule has 0 bridgehead atoms. The van der Waals surface area contributed by atoms with E-state index >= 15 is 0 Å². The quantitative estimate of drug-likeness (QED) is 0.536. The van der Waals surface area contributed by atoms with Gasteiger partial charge in [-0.3, -0.25) is 15.6 Å². The van der Waals surface area contributed by atoms with Crippen LogP contribution in [0, 0.1) is 16.7 Å². The fourth-order valence-corrected chi connectivity index (χ4v) is 2.70. The molecule has 0 aliphatic rings. The van der Waals surface area contributed by atoms with Crippen molar-refractivity contribution in [2.45, 2.75) is 13.3 Å². The van der Waals surface area contributed by atoms with Gasteiger partial charge in [-0.05, 0) is 41.0 Å². The van der Waals surface area contributed by atoms with Crippen LogP contribution in [-0.4, -0.2) is 23.4 Å². The number of ether oxygens (including phenoxy) is 1. The molecule has 1 unspecified atom stereocenters. The van der Waals surface area contributed by atoms with Gasteiger partial charge in [0.2, 0.25) is 5.90 Å². The molecule has 6 nitrogen and oxygen atoms in total. The topological polar surface area (TPSA) is 105 Å². The van der Waals surface area contributed by atoms with Crippen molar-refractivity contribution in [2.75, 3.05) is 7.05 Å². The molecule has 0 aliphatic carbocycles. The average Bonchev–Trinajstić information content (AvgIpc) is 2.60. The minimum atomic E-state index is -0.332. The monoisotopic (exact) mass is 406 g/mol. The SMILES string of the molecule is CC(Cc1ccccc1)C(=N)OC(=N)c1cc(Br)cn(C)c1=O.CN. The standard InChI is InChI=1S/C17H18BrN3O2.CH5N/c1-11(8-12-6-4-3-5-7-12)15(19)23-16(20)14-9-13(18)10-21(2)17(14)22;1-2/h3-7,9-11,19-20H,8H2,1-2H3;2H2,1H3. The highest BCUT2D eigenvalue weighted by atomic mass is 79.9. The van der Waals surface area contributed by atoms with Gasteiger partial charge in [0.25, 0.3) is 5.56 Å². The van der Waals surface area contributed by atoms with Gasteiger partial charge in [-0.25, -0.2) is 0 Å². The van der Waals surface area contributed by atoms with Crippen molar-refractivity contribution in [3.63, 3.8) is 0 Å². The van der Waals surface area contributed by atoms with Crippen molar-refractivity contribution >= 4 is 27.7 Å². The predicted molar refractivity (Wildman–Crippen MR) is 104 cm³/mol. The molecule has 1 aromatic carbocycles. The first kappa shape index (κ1) is 20.8. The number of nitrogens with zero attached hydrogens (tertiary/aromatic N) is 1. The normalized spacial score (nSPS) is 11.1. The molecule has 1 heterocycles. The lowest BCUT2D eigenvalue weighted by Gasteiger charge is -2.14. The van der Waals surface area contributed by atoms with E-state index in [-0.39, 0.29) is 28.8 Å². The number of aryl methyl sites for hydroxylation is 1. The minimum absolute atomic E-state index is 0.0270. The molecule has 1 atom stereocenters. The molecule has 2 rings (SSSR count). The first-order chi connectivity index (χ1) is 11.9. The van der Waals surface area contributed by atoms with Crippen LogP contribution in [-0.2, 0) is 18.2 Å². The number of halogens is 1. The Labute approximate surface area is 155 Å². The van der Waals surface area contributed by atoms with Gasteiger partial charge in [0.1, 0.15) is 5.56 Å². The summed E-state index contributed by atoms with van der Waals surface area (Å²) >= 11 is 3.29. The van der Waals surface area contributed by atoms with Gasteiger partial charge in [0.05, 0.1) is 0 Å². The number of pyridine rings is 1. The summed E-state index contributed by atoms with van der Waals surface area (Å²) in [6, 6.07) is 11.3. The zero-order chi connectivity index (χ0) is 19.0. The maximum atomic E-state index is 12.1. The first-order valence-corrected chi connectivity index (χ1v) is 8.51. The zero-order valence-electron chi connectivity index (χ0n) is 14.5. The number of nitrogens with one attached hydrogen (secondary N) is 2. The van der Waals surface area contributed by atoms with Crippen LogP contribution in [0.1, 0.15) is 18.1 Å². The molecule has 134 valence electrons. The van der Waals surface area contributed by atoms with Crippen molar-refractivity contribution in [2.24, 2.45) is 18.7 Å². The van der Waals surface area contributed by atoms with Crippen LogP contribution >= 0.6 is 15.9 Å². The van der Waals surface area contributed by atoms with Crippen molar-refractivity contribution < 1.29 is 4.74 Å². The third-order valence-electron chi connectivity index (χ3n) is 3.44. The third-order valence-corrected chi connectivity index (χ3v) is 3.87. The summed E-state index contributed by atoms with van der Waals surface area (Å²) in [5, 5.41) is 16.0. The van der Waals surface area contributed by atoms with Crippen LogP contribution in [0.25, 0.3) is 0 Å². The minimum Gasteiger partial charge on any atom is -0.425 e. The number of hydrogen-bond donors (Lipinski definition) is 3. The van der Waals surface area contributed by atoms with Crippen LogP contribution in [0.3, 0.4) is 0 Å². The molecule has 4 N–H and O–H groups in total. The highest BCUT2D eigenvalue weighted by Gasteiger charge is 2.17. The van der Waals surface area contributed by atoms with E-state index in [1.807, 2.05) is 37.3 Å². The summed E-state index contributed by atoms with van der Waals surface area (Å²) in [5.74, 6) is -0.522. The van der Waals surface area contributed by atoms with E-state index in [0.717, 1.165) is 5.56 Å². The molecule has 0 saturated carbocycles. The second kappa shape index (κ2) is 9.90. The summed E-state index contributed by atoms with van der Waals surface area (Å²) in [5.41, 5.74) is 5.39. The molecule has 25 heavy (non-hydrogen) atoms. The molecular weight excluding hydrogens is 384 g/mol. The average molecular weight is 407 g/mol. The molecular formula is C18H23BrN4O2. The number of nitrogens with two attached hydrogens (primary N) is 1. The number of aromatic nitrogens is 1. The van der Waals surface area contributed by atoms with Crippen molar-refractivity contribution in [3.8, 4) is 0 Å². The Hall–Kier alpha value is -2.25. The van der Waals surface area contributed by atoms with E-state index in [1.54, 1.807) is 13.2 Å². The highest BCUT2D eigenvalue weighted by Crippen LogP contribution is 2.13. The molecule has 0 fully saturated rings. The molecule has 0 spiro atoms. The highest BCUT2D eigenvalue weighted by molar-refractivity contribution is 9.10. The largest absolute Gasteiger partial charge is 0.425 e.